The summed E-state index contributed by atoms with van der Waals surface area (Å²) in [6.07, 6.45) is 0. The topological polar surface area (TPSA) is 99.1 Å². The number of nitriles is 1. The van der Waals surface area contributed by atoms with Gasteiger partial charge in [-0.1, -0.05) is 11.6 Å². The van der Waals surface area contributed by atoms with Gasteiger partial charge in [0.15, 0.2) is 0 Å². The van der Waals surface area contributed by atoms with Crippen LogP contribution in [0.25, 0.3) is 0 Å². The Balaban J connectivity index is 3.05. The number of carbonyl (C=O) groups excluding carboxylic acids is 1. The van der Waals surface area contributed by atoms with Crippen LogP contribution in [0, 0.1) is 11.3 Å². The summed E-state index contributed by atoms with van der Waals surface area (Å²) in [6, 6.07) is 4.64. The van der Waals surface area contributed by atoms with Gasteiger partial charge in [-0.25, -0.2) is 8.42 Å². The number of rotatable bonds is 4. The van der Waals surface area contributed by atoms with Gasteiger partial charge in [0.2, 0.25) is 15.9 Å². The van der Waals surface area contributed by atoms with Crippen LogP contribution < -0.4 is 10.0 Å². The van der Waals surface area contributed by atoms with Crippen LogP contribution >= 0.6 is 11.6 Å². The second-order valence-corrected chi connectivity index (χ2v) is 5.83. The lowest BCUT2D eigenvalue weighted by Gasteiger charge is -2.13. The Morgan fingerprint density at radius 3 is 2.58 bits per heavy atom. The van der Waals surface area contributed by atoms with E-state index in [-0.39, 0.29) is 15.5 Å². The molecule has 1 atom stereocenters. The summed E-state index contributed by atoms with van der Waals surface area (Å²) in [5.41, 5.74) is 0.181. The smallest absolute Gasteiger partial charge is 0.241 e. The van der Waals surface area contributed by atoms with Gasteiger partial charge in [0, 0.05) is 7.05 Å². The number of carbonyl (C=O) groups is 1. The molecule has 0 aromatic heterocycles. The number of hydrogen-bond donors (Lipinski definition) is 2. The molecule has 1 amide bonds. The number of benzene rings is 1. The average Bonchev–Trinajstić information content (AvgIpc) is 2.37. The Morgan fingerprint density at radius 1 is 1.47 bits per heavy atom. The second kappa shape index (κ2) is 6.02. The molecule has 0 saturated heterocycles. The molecule has 1 rings (SSSR count). The van der Waals surface area contributed by atoms with Crippen molar-refractivity contribution in [2.75, 3.05) is 7.05 Å². The van der Waals surface area contributed by atoms with Crippen molar-refractivity contribution in [3.8, 4) is 6.07 Å². The van der Waals surface area contributed by atoms with Crippen LogP contribution in [0.1, 0.15) is 12.5 Å². The molecule has 8 heteroatoms. The first-order valence-corrected chi connectivity index (χ1v) is 7.11. The van der Waals surface area contributed by atoms with E-state index in [0.29, 0.717) is 0 Å². The highest BCUT2D eigenvalue weighted by atomic mass is 35.5. The summed E-state index contributed by atoms with van der Waals surface area (Å²) in [5.74, 6) is -0.455. The molecule has 0 aliphatic rings. The van der Waals surface area contributed by atoms with Gasteiger partial charge in [-0.2, -0.15) is 9.98 Å². The van der Waals surface area contributed by atoms with Crippen molar-refractivity contribution in [1.29, 1.82) is 5.26 Å². The lowest BCUT2D eigenvalue weighted by molar-refractivity contribution is -0.121. The predicted octanol–water partition coefficient (Wildman–Crippen LogP) is 0.624. The van der Waals surface area contributed by atoms with Gasteiger partial charge in [0.25, 0.3) is 0 Å². The minimum absolute atomic E-state index is 0.0398. The fourth-order valence-corrected chi connectivity index (χ4v) is 2.84. The van der Waals surface area contributed by atoms with E-state index in [4.69, 9.17) is 16.9 Å². The maximum absolute atomic E-state index is 12.0. The molecule has 1 unspecified atom stereocenters. The van der Waals surface area contributed by atoms with Gasteiger partial charge in [0.05, 0.1) is 21.5 Å². The number of sulfonamides is 1. The normalized spacial score (nSPS) is 12.5. The zero-order valence-corrected chi connectivity index (χ0v) is 11.8. The molecule has 19 heavy (non-hydrogen) atoms. The van der Waals surface area contributed by atoms with Crippen LogP contribution in [0.3, 0.4) is 0 Å². The van der Waals surface area contributed by atoms with Crippen LogP contribution in [0.15, 0.2) is 23.1 Å². The average molecular weight is 302 g/mol. The quantitative estimate of drug-likeness (QED) is 0.851. The number of halogens is 1. The molecule has 0 aliphatic heterocycles. The van der Waals surface area contributed by atoms with Crippen molar-refractivity contribution in [3.05, 3.63) is 28.8 Å². The van der Waals surface area contributed by atoms with Crippen LogP contribution in [0.5, 0.6) is 0 Å². The maximum atomic E-state index is 12.0. The maximum Gasteiger partial charge on any atom is 0.241 e. The lowest BCUT2D eigenvalue weighted by atomic mass is 10.2. The van der Waals surface area contributed by atoms with Gasteiger partial charge in [0.1, 0.15) is 6.07 Å². The number of nitrogens with one attached hydrogen (secondary N) is 2. The Morgan fingerprint density at radius 2 is 2.11 bits per heavy atom. The van der Waals surface area contributed by atoms with E-state index in [0.717, 1.165) is 0 Å². The van der Waals surface area contributed by atoms with E-state index < -0.39 is 22.0 Å². The van der Waals surface area contributed by atoms with Gasteiger partial charge >= 0.3 is 0 Å². The molecule has 102 valence electrons. The monoisotopic (exact) mass is 301 g/mol. The van der Waals surface area contributed by atoms with E-state index >= 15 is 0 Å². The highest BCUT2D eigenvalue weighted by Crippen LogP contribution is 2.20. The fraction of sp³-hybridized carbons (Fsp3) is 0.273. The van der Waals surface area contributed by atoms with Gasteiger partial charge in [-0.15, -0.1) is 0 Å². The van der Waals surface area contributed by atoms with Gasteiger partial charge < -0.3 is 5.32 Å². The summed E-state index contributed by atoms with van der Waals surface area (Å²) < 4.78 is 26.2. The van der Waals surface area contributed by atoms with Crippen molar-refractivity contribution in [2.45, 2.75) is 17.9 Å². The standard InChI is InChI=1S/C11H12ClN3O3S/c1-7(11(16)14-2)15-19(17,18)9-4-3-8(6-13)10(12)5-9/h3-5,7,15H,1-2H3,(H,14,16). The van der Waals surface area contributed by atoms with Crippen LogP contribution in [-0.2, 0) is 14.8 Å². The van der Waals surface area contributed by atoms with Crippen molar-refractivity contribution < 1.29 is 13.2 Å². The molecule has 0 saturated carbocycles. The Kier molecular flexibility index (Phi) is 4.89. The lowest BCUT2D eigenvalue weighted by Crippen LogP contribution is -2.43. The zero-order chi connectivity index (χ0) is 14.6. The Bertz CT molecular complexity index is 637. The Labute approximate surface area is 116 Å². The van der Waals surface area contributed by atoms with Crippen molar-refractivity contribution in [3.63, 3.8) is 0 Å². The first-order valence-electron chi connectivity index (χ1n) is 5.25. The molecule has 0 aliphatic carbocycles. The minimum Gasteiger partial charge on any atom is -0.358 e. The minimum atomic E-state index is -3.87. The van der Waals surface area contributed by atoms with Crippen molar-refractivity contribution in [1.82, 2.24) is 10.0 Å². The molecule has 0 radical (unpaired) electrons. The molecule has 0 heterocycles. The summed E-state index contributed by atoms with van der Waals surface area (Å²) in [5, 5.41) is 11.1. The largest absolute Gasteiger partial charge is 0.358 e. The summed E-state index contributed by atoms with van der Waals surface area (Å²) >= 11 is 5.77. The van der Waals surface area contributed by atoms with Crippen molar-refractivity contribution in [2.24, 2.45) is 0 Å². The van der Waals surface area contributed by atoms with Crippen LogP contribution in [0.4, 0.5) is 0 Å². The third kappa shape index (κ3) is 3.67. The second-order valence-electron chi connectivity index (χ2n) is 3.71. The molecule has 0 bridgehead atoms. The Hall–Kier alpha value is -1.62. The molecule has 0 spiro atoms. The molecule has 0 fully saturated rings. The van der Waals surface area contributed by atoms with Crippen molar-refractivity contribution >= 4 is 27.5 Å². The fourth-order valence-electron chi connectivity index (χ4n) is 1.32. The molecular formula is C11H12ClN3O3S. The third-order valence-electron chi connectivity index (χ3n) is 2.34. The molecular weight excluding hydrogens is 290 g/mol. The van der Waals surface area contributed by atoms with Gasteiger partial charge in [-0.3, -0.25) is 4.79 Å². The zero-order valence-electron chi connectivity index (χ0n) is 10.3. The van der Waals surface area contributed by atoms with Crippen LogP contribution in [-0.4, -0.2) is 27.4 Å². The summed E-state index contributed by atoms with van der Waals surface area (Å²) in [4.78, 5) is 11.2. The number of amides is 1. The third-order valence-corrected chi connectivity index (χ3v) is 4.19. The van der Waals surface area contributed by atoms with Gasteiger partial charge in [-0.05, 0) is 25.1 Å². The number of hydrogen-bond acceptors (Lipinski definition) is 4. The van der Waals surface area contributed by atoms with E-state index in [1.54, 1.807) is 0 Å². The molecule has 2 N–H and O–H groups in total. The molecule has 1 aromatic carbocycles. The van der Waals surface area contributed by atoms with Crippen LogP contribution in [0.2, 0.25) is 5.02 Å². The first kappa shape index (κ1) is 15.4. The molecule has 1 aromatic rings. The van der Waals surface area contributed by atoms with E-state index in [2.05, 4.69) is 10.0 Å². The highest BCUT2D eigenvalue weighted by molar-refractivity contribution is 7.89. The molecule has 6 nitrogen and oxygen atoms in total. The summed E-state index contributed by atoms with van der Waals surface area (Å²) in [6.45, 7) is 1.42. The SMILES string of the molecule is CNC(=O)C(C)NS(=O)(=O)c1ccc(C#N)c(Cl)c1. The summed E-state index contributed by atoms with van der Waals surface area (Å²) in [7, 11) is -2.46. The predicted molar refractivity (Wildman–Crippen MR) is 70.0 cm³/mol. The van der Waals surface area contributed by atoms with E-state index in [9.17, 15) is 13.2 Å². The van der Waals surface area contributed by atoms with E-state index in [1.807, 2.05) is 6.07 Å². The highest BCUT2D eigenvalue weighted by Gasteiger charge is 2.21. The van der Waals surface area contributed by atoms with E-state index in [1.165, 1.54) is 32.2 Å². The number of likely N-dealkylation sites (N-methyl/N-ethyl adjacent to an activating group) is 1. The number of nitrogens with zero attached hydrogens (tertiary/aromatic N) is 1. The first-order chi connectivity index (χ1) is 8.81.